The first-order chi connectivity index (χ1) is 10.1. The SMILES string of the molecule is COCC(N)C(=O)NCc1cccc(OCC(=O)OC)c1. The number of carbonyl (C=O) groups is 2. The number of nitrogens with two attached hydrogens (primary N) is 1. The van der Waals surface area contributed by atoms with Gasteiger partial charge in [-0.1, -0.05) is 12.1 Å². The van der Waals surface area contributed by atoms with E-state index in [4.69, 9.17) is 15.2 Å². The smallest absolute Gasteiger partial charge is 0.343 e. The summed E-state index contributed by atoms with van der Waals surface area (Å²) in [6, 6.07) is 6.33. The third-order valence-electron chi connectivity index (χ3n) is 2.63. The van der Waals surface area contributed by atoms with Crippen molar-refractivity contribution in [1.82, 2.24) is 5.32 Å². The number of nitrogens with one attached hydrogen (secondary N) is 1. The number of esters is 1. The van der Waals surface area contributed by atoms with Gasteiger partial charge in [0.1, 0.15) is 11.8 Å². The molecule has 1 unspecified atom stereocenters. The van der Waals surface area contributed by atoms with Crippen LogP contribution in [-0.4, -0.2) is 45.4 Å². The van der Waals surface area contributed by atoms with Crippen molar-refractivity contribution < 1.29 is 23.8 Å². The number of ether oxygens (including phenoxy) is 3. The first kappa shape index (κ1) is 16.9. The van der Waals surface area contributed by atoms with E-state index in [-0.39, 0.29) is 19.1 Å². The molecule has 0 spiro atoms. The third-order valence-corrected chi connectivity index (χ3v) is 2.63. The zero-order chi connectivity index (χ0) is 15.7. The highest BCUT2D eigenvalue weighted by Gasteiger charge is 2.12. The monoisotopic (exact) mass is 296 g/mol. The van der Waals surface area contributed by atoms with E-state index in [9.17, 15) is 9.59 Å². The zero-order valence-electron chi connectivity index (χ0n) is 12.1. The average molecular weight is 296 g/mol. The molecule has 0 aliphatic carbocycles. The van der Waals surface area contributed by atoms with Crippen LogP contribution in [0, 0.1) is 0 Å². The van der Waals surface area contributed by atoms with Crippen molar-refractivity contribution in [3.63, 3.8) is 0 Å². The lowest BCUT2D eigenvalue weighted by molar-refractivity contribution is -0.142. The van der Waals surface area contributed by atoms with Gasteiger partial charge in [0.05, 0.1) is 13.7 Å². The molecule has 1 atom stereocenters. The Morgan fingerprint density at radius 2 is 2.10 bits per heavy atom. The molecule has 0 fully saturated rings. The van der Waals surface area contributed by atoms with Gasteiger partial charge in [-0.3, -0.25) is 4.79 Å². The fourth-order valence-electron chi connectivity index (χ4n) is 1.52. The molecular formula is C14H20N2O5. The number of benzene rings is 1. The Hall–Kier alpha value is -2.12. The van der Waals surface area contributed by atoms with E-state index in [1.807, 2.05) is 6.07 Å². The predicted molar refractivity (Wildman–Crippen MR) is 75.7 cm³/mol. The molecule has 0 aromatic heterocycles. The van der Waals surface area contributed by atoms with Gasteiger partial charge in [-0.2, -0.15) is 0 Å². The lowest BCUT2D eigenvalue weighted by Crippen LogP contribution is -2.43. The summed E-state index contributed by atoms with van der Waals surface area (Å²) < 4.78 is 14.6. The Balaban J connectivity index is 2.49. The Bertz CT molecular complexity index is 478. The highest BCUT2D eigenvalue weighted by molar-refractivity contribution is 5.81. The lowest BCUT2D eigenvalue weighted by atomic mass is 10.2. The number of hydrogen-bond acceptors (Lipinski definition) is 6. The van der Waals surface area contributed by atoms with Crippen molar-refractivity contribution in [2.75, 3.05) is 27.4 Å². The maximum atomic E-state index is 11.6. The molecule has 0 aliphatic heterocycles. The number of hydrogen-bond donors (Lipinski definition) is 2. The van der Waals surface area contributed by atoms with Gasteiger partial charge in [0, 0.05) is 13.7 Å². The van der Waals surface area contributed by atoms with Crippen LogP contribution in [0.3, 0.4) is 0 Å². The van der Waals surface area contributed by atoms with Crippen molar-refractivity contribution in [1.29, 1.82) is 0 Å². The fraction of sp³-hybridized carbons (Fsp3) is 0.429. The van der Waals surface area contributed by atoms with Crippen molar-refractivity contribution in [3.05, 3.63) is 29.8 Å². The van der Waals surface area contributed by atoms with E-state index < -0.39 is 12.0 Å². The summed E-state index contributed by atoms with van der Waals surface area (Å²) in [7, 11) is 2.77. The maximum absolute atomic E-state index is 11.6. The van der Waals surface area contributed by atoms with Crippen LogP contribution in [-0.2, 0) is 25.6 Å². The van der Waals surface area contributed by atoms with E-state index in [0.717, 1.165) is 5.56 Å². The average Bonchev–Trinajstić information content (AvgIpc) is 2.50. The Labute approximate surface area is 123 Å². The van der Waals surface area contributed by atoms with Crippen LogP contribution < -0.4 is 15.8 Å². The molecule has 1 aromatic rings. The van der Waals surface area contributed by atoms with E-state index >= 15 is 0 Å². The normalized spacial score (nSPS) is 11.6. The molecule has 1 aromatic carbocycles. The second-order valence-electron chi connectivity index (χ2n) is 4.29. The summed E-state index contributed by atoms with van der Waals surface area (Å²) in [6.45, 7) is 0.310. The number of methoxy groups -OCH3 is 2. The summed E-state index contributed by atoms with van der Waals surface area (Å²) in [5.41, 5.74) is 6.43. The van der Waals surface area contributed by atoms with Gasteiger partial charge in [-0.15, -0.1) is 0 Å². The third kappa shape index (κ3) is 6.24. The molecule has 0 bridgehead atoms. The lowest BCUT2D eigenvalue weighted by Gasteiger charge is -2.12. The minimum Gasteiger partial charge on any atom is -0.482 e. The van der Waals surface area contributed by atoms with Crippen molar-refractivity contribution in [2.24, 2.45) is 5.73 Å². The Morgan fingerprint density at radius 1 is 1.33 bits per heavy atom. The van der Waals surface area contributed by atoms with Crippen molar-refractivity contribution >= 4 is 11.9 Å². The number of amides is 1. The quantitative estimate of drug-likeness (QED) is 0.646. The molecule has 1 rings (SSSR count). The molecule has 0 radical (unpaired) electrons. The predicted octanol–water partition coefficient (Wildman–Crippen LogP) is -0.172. The van der Waals surface area contributed by atoms with Gasteiger partial charge < -0.3 is 25.3 Å². The van der Waals surface area contributed by atoms with E-state index in [1.165, 1.54) is 14.2 Å². The highest BCUT2D eigenvalue weighted by atomic mass is 16.6. The zero-order valence-corrected chi connectivity index (χ0v) is 12.1. The summed E-state index contributed by atoms with van der Waals surface area (Å²) in [6.07, 6.45) is 0. The van der Waals surface area contributed by atoms with Gasteiger partial charge in [0.15, 0.2) is 6.61 Å². The molecule has 0 saturated carbocycles. The van der Waals surface area contributed by atoms with E-state index in [1.54, 1.807) is 18.2 Å². The van der Waals surface area contributed by atoms with Crippen LogP contribution in [0.25, 0.3) is 0 Å². The number of carbonyl (C=O) groups excluding carboxylic acids is 2. The van der Waals surface area contributed by atoms with Crippen LogP contribution in [0.15, 0.2) is 24.3 Å². The van der Waals surface area contributed by atoms with Crippen LogP contribution in [0.2, 0.25) is 0 Å². The highest BCUT2D eigenvalue weighted by Crippen LogP contribution is 2.13. The van der Waals surface area contributed by atoms with Crippen LogP contribution >= 0.6 is 0 Å². The van der Waals surface area contributed by atoms with Crippen molar-refractivity contribution in [3.8, 4) is 5.75 Å². The molecule has 1 amide bonds. The molecule has 0 saturated heterocycles. The fourth-order valence-corrected chi connectivity index (χ4v) is 1.52. The van der Waals surface area contributed by atoms with E-state index in [2.05, 4.69) is 10.1 Å². The molecule has 3 N–H and O–H groups in total. The maximum Gasteiger partial charge on any atom is 0.343 e. The first-order valence-electron chi connectivity index (χ1n) is 6.37. The summed E-state index contributed by atoms with van der Waals surface area (Å²) in [5, 5.41) is 2.70. The molecule has 21 heavy (non-hydrogen) atoms. The van der Waals surface area contributed by atoms with Crippen LogP contribution in [0.1, 0.15) is 5.56 Å². The minimum absolute atomic E-state index is 0.161. The molecule has 116 valence electrons. The summed E-state index contributed by atoms with van der Waals surface area (Å²) >= 11 is 0. The molecular weight excluding hydrogens is 276 g/mol. The first-order valence-corrected chi connectivity index (χ1v) is 6.37. The molecule has 7 nitrogen and oxygen atoms in total. The van der Waals surface area contributed by atoms with Crippen molar-refractivity contribution in [2.45, 2.75) is 12.6 Å². The minimum atomic E-state index is -0.700. The van der Waals surface area contributed by atoms with Crippen LogP contribution in [0.5, 0.6) is 5.75 Å². The standard InChI is InChI=1S/C14H20N2O5/c1-19-8-12(15)14(18)16-7-10-4-3-5-11(6-10)21-9-13(17)20-2/h3-6,12H,7-9,15H2,1-2H3,(H,16,18). The Morgan fingerprint density at radius 3 is 2.76 bits per heavy atom. The summed E-state index contributed by atoms with van der Waals surface area (Å²) in [5.74, 6) is -0.231. The second-order valence-corrected chi connectivity index (χ2v) is 4.29. The molecule has 0 aliphatic rings. The number of rotatable bonds is 8. The Kier molecular flexibility index (Phi) is 7.20. The van der Waals surface area contributed by atoms with E-state index in [0.29, 0.717) is 12.3 Å². The topological polar surface area (TPSA) is 99.9 Å². The van der Waals surface area contributed by atoms with Gasteiger partial charge in [-0.25, -0.2) is 4.79 Å². The molecule has 7 heteroatoms. The van der Waals surface area contributed by atoms with Gasteiger partial charge in [0.2, 0.25) is 5.91 Å². The van der Waals surface area contributed by atoms with Gasteiger partial charge >= 0.3 is 5.97 Å². The molecule has 0 heterocycles. The van der Waals surface area contributed by atoms with Gasteiger partial charge in [-0.05, 0) is 17.7 Å². The van der Waals surface area contributed by atoms with Crippen LogP contribution in [0.4, 0.5) is 0 Å². The second kappa shape index (κ2) is 8.93. The van der Waals surface area contributed by atoms with Gasteiger partial charge in [0.25, 0.3) is 0 Å². The largest absolute Gasteiger partial charge is 0.482 e. The summed E-state index contributed by atoms with van der Waals surface area (Å²) in [4.78, 5) is 22.6.